The van der Waals surface area contributed by atoms with Crippen LogP contribution < -0.4 is 0 Å². The molecule has 1 N–H and O–H groups in total. The van der Waals surface area contributed by atoms with Gasteiger partial charge in [-0.25, -0.2) is 4.79 Å². The number of fused-ring (bicyclic) bond motifs is 3. The minimum Gasteiger partial charge on any atom is -0.453 e. The van der Waals surface area contributed by atoms with Gasteiger partial charge in [0.15, 0.2) is 11.9 Å². The molecule has 0 aromatic heterocycles. The van der Waals surface area contributed by atoms with Gasteiger partial charge in [0.25, 0.3) is 0 Å². The van der Waals surface area contributed by atoms with Crippen molar-refractivity contribution in [1.29, 1.82) is 0 Å². The molecule has 1 fully saturated rings. The van der Waals surface area contributed by atoms with Crippen LogP contribution in [0.1, 0.15) is 40.7 Å². The summed E-state index contributed by atoms with van der Waals surface area (Å²) < 4.78 is 6.69. The summed E-state index contributed by atoms with van der Waals surface area (Å²) in [6.07, 6.45) is 1.78. The van der Waals surface area contributed by atoms with Crippen LogP contribution in [-0.2, 0) is 15.1 Å². The number of likely N-dealkylation sites (tertiary alicyclic amines) is 1. The average molecular weight is 457 g/mol. The van der Waals surface area contributed by atoms with E-state index in [4.69, 9.17) is 4.74 Å². The first-order valence-corrected chi connectivity index (χ1v) is 12.0. The number of carbonyl (C=O) groups excluding carboxylic acids is 2. The number of carbonyl (C=O) groups is 2. The second-order valence-corrected chi connectivity index (χ2v) is 9.76. The topological polar surface area (TPSA) is 63.6 Å². The van der Waals surface area contributed by atoms with E-state index < -0.39 is 11.6 Å². The van der Waals surface area contributed by atoms with Crippen molar-refractivity contribution in [3.63, 3.8) is 0 Å². The maximum atomic E-state index is 13.4. The zero-order chi connectivity index (χ0) is 23.8. The molecule has 3 aromatic rings. The average Bonchev–Trinajstić information content (AvgIpc) is 3.36. The van der Waals surface area contributed by atoms with Gasteiger partial charge in [0.2, 0.25) is 5.60 Å². The first-order chi connectivity index (χ1) is 16.4. The summed E-state index contributed by atoms with van der Waals surface area (Å²) in [5, 5.41) is 11.6. The minimum atomic E-state index is -1.79. The van der Waals surface area contributed by atoms with E-state index in [1.807, 2.05) is 66.7 Å². The van der Waals surface area contributed by atoms with Crippen LogP contribution in [0.15, 0.2) is 78.9 Å². The molecule has 1 aliphatic carbocycles. The number of hydrogen-bond donors (Lipinski definition) is 1. The Labute approximate surface area is 200 Å². The Morgan fingerprint density at radius 2 is 1.53 bits per heavy atom. The molecule has 0 spiro atoms. The number of ether oxygens (including phenoxy) is 1. The van der Waals surface area contributed by atoms with Crippen molar-refractivity contribution < 1.29 is 23.9 Å². The fraction of sp³-hybridized carbons (Fsp3) is 0.310. The van der Waals surface area contributed by atoms with Gasteiger partial charge in [-0.15, -0.1) is 0 Å². The zero-order valence-electron chi connectivity index (χ0n) is 19.4. The van der Waals surface area contributed by atoms with Gasteiger partial charge < -0.3 is 14.3 Å². The highest BCUT2D eigenvalue weighted by Crippen LogP contribution is 2.48. The van der Waals surface area contributed by atoms with Crippen LogP contribution in [0.4, 0.5) is 0 Å². The third kappa shape index (κ3) is 3.95. The maximum absolute atomic E-state index is 13.4. The SMILES string of the molecule is C[N+]1(CCCC(=O)c2ccccc2)CC[C@@H](OC(=O)C2(O)c3ccccc3-c3ccccc32)C1. The first kappa shape index (κ1) is 22.5. The van der Waals surface area contributed by atoms with E-state index in [1.165, 1.54) is 0 Å². The third-order valence-corrected chi connectivity index (χ3v) is 7.33. The van der Waals surface area contributed by atoms with Crippen LogP contribution in [-0.4, -0.2) is 54.1 Å². The van der Waals surface area contributed by atoms with Crippen LogP contribution in [0.25, 0.3) is 11.1 Å². The molecule has 5 rings (SSSR count). The predicted octanol–water partition coefficient (Wildman–Crippen LogP) is 4.33. The molecular weight excluding hydrogens is 426 g/mol. The van der Waals surface area contributed by atoms with Crippen molar-refractivity contribution >= 4 is 11.8 Å². The number of hydrogen-bond acceptors (Lipinski definition) is 4. The molecule has 1 heterocycles. The van der Waals surface area contributed by atoms with Crippen molar-refractivity contribution in [3.05, 3.63) is 95.6 Å². The molecule has 0 amide bonds. The van der Waals surface area contributed by atoms with Gasteiger partial charge in [0, 0.05) is 36.0 Å². The Kier molecular flexibility index (Phi) is 5.84. The Hall–Kier alpha value is -3.28. The van der Waals surface area contributed by atoms with Crippen molar-refractivity contribution in [2.24, 2.45) is 0 Å². The van der Waals surface area contributed by atoms with Crippen LogP contribution >= 0.6 is 0 Å². The normalized spacial score (nSPS) is 22.1. The lowest BCUT2D eigenvalue weighted by Crippen LogP contribution is -2.45. The van der Waals surface area contributed by atoms with Crippen molar-refractivity contribution in [1.82, 2.24) is 0 Å². The van der Waals surface area contributed by atoms with E-state index in [0.29, 0.717) is 24.1 Å². The van der Waals surface area contributed by atoms with E-state index in [0.717, 1.165) is 47.1 Å². The first-order valence-electron chi connectivity index (χ1n) is 12.0. The van der Waals surface area contributed by atoms with E-state index in [1.54, 1.807) is 12.1 Å². The zero-order valence-corrected chi connectivity index (χ0v) is 19.4. The van der Waals surface area contributed by atoms with Gasteiger partial charge >= 0.3 is 5.97 Å². The monoisotopic (exact) mass is 456 g/mol. The second-order valence-electron chi connectivity index (χ2n) is 9.76. The number of nitrogens with zero attached hydrogens (tertiary/aromatic N) is 1. The molecular formula is C29H30NO4+. The fourth-order valence-corrected chi connectivity index (χ4v) is 5.49. The number of likely N-dealkylation sites (N-methyl/N-ethyl adjacent to an activating group) is 1. The highest BCUT2D eigenvalue weighted by Gasteiger charge is 2.50. The van der Waals surface area contributed by atoms with Crippen LogP contribution in [0.2, 0.25) is 0 Å². The van der Waals surface area contributed by atoms with Crippen LogP contribution in [0, 0.1) is 0 Å². The highest BCUT2D eigenvalue weighted by atomic mass is 16.6. The number of aliphatic hydroxyl groups is 1. The molecule has 0 bridgehead atoms. The molecule has 34 heavy (non-hydrogen) atoms. The summed E-state index contributed by atoms with van der Waals surface area (Å²) >= 11 is 0. The molecule has 1 aliphatic heterocycles. The van der Waals surface area contributed by atoms with E-state index in [2.05, 4.69) is 7.05 Å². The van der Waals surface area contributed by atoms with E-state index in [-0.39, 0.29) is 11.9 Å². The molecule has 5 nitrogen and oxygen atoms in total. The Bertz CT molecular complexity index is 1180. The molecule has 1 saturated heterocycles. The molecule has 2 aliphatic rings. The smallest absolute Gasteiger partial charge is 0.348 e. The number of ketones is 1. The lowest BCUT2D eigenvalue weighted by atomic mass is 9.91. The molecule has 3 aromatic carbocycles. The number of benzene rings is 3. The van der Waals surface area contributed by atoms with Gasteiger partial charge in [-0.05, 0) is 11.1 Å². The molecule has 1 unspecified atom stereocenters. The molecule has 174 valence electrons. The van der Waals surface area contributed by atoms with E-state index >= 15 is 0 Å². The highest BCUT2D eigenvalue weighted by molar-refractivity contribution is 5.96. The lowest BCUT2D eigenvalue weighted by Gasteiger charge is -2.30. The van der Waals surface area contributed by atoms with Crippen molar-refractivity contribution in [3.8, 4) is 11.1 Å². The van der Waals surface area contributed by atoms with Crippen molar-refractivity contribution in [2.75, 3.05) is 26.7 Å². The minimum absolute atomic E-state index is 0.162. The van der Waals surface area contributed by atoms with Gasteiger partial charge in [0.05, 0.1) is 20.1 Å². The molecule has 0 saturated carbocycles. The summed E-state index contributed by atoms with van der Waals surface area (Å²) in [5.41, 5.74) is 1.86. The van der Waals surface area contributed by atoms with Gasteiger partial charge in [-0.1, -0.05) is 78.9 Å². The Morgan fingerprint density at radius 1 is 0.941 bits per heavy atom. The second kappa shape index (κ2) is 8.82. The number of rotatable bonds is 7. The third-order valence-electron chi connectivity index (χ3n) is 7.33. The summed E-state index contributed by atoms with van der Waals surface area (Å²) in [5.74, 6) is -0.447. The van der Waals surface area contributed by atoms with Crippen LogP contribution in [0.5, 0.6) is 0 Å². The maximum Gasteiger partial charge on any atom is 0.348 e. The van der Waals surface area contributed by atoms with Gasteiger partial charge in [0.1, 0.15) is 6.54 Å². The largest absolute Gasteiger partial charge is 0.453 e. The Morgan fingerprint density at radius 3 is 2.18 bits per heavy atom. The number of Topliss-reactive ketones (excluding diaryl/α,β-unsaturated/α-hetero) is 1. The van der Waals surface area contributed by atoms with Gasteiger partial charge in [-0.2, -0.15) is 0 Å². The molecule has 2 atom stereocenters. The number of esters is 1. The Balaban J connectivity index is 1.23. The number of quaternary nitrogens is 1. The van der Waals surface area contributed by atoms with Crippen LogP contribution in [0.3, 0.4) is 0 Å². The standard InChI is InChI=1S/C29H30NO4/c1-30(18-9-16-27(31)21-10-3-2-4-11-21)19-17-22(20-30)34-28(32)29(33)25-14-7-5-12-23(25)24-13-6-8-15-26(24)29/h2-8,10-15,22,33H,9,16-20H2,1H3/q+1/t22-,30?/m1/s1. The van der Waals surface area contributed by atoms with Gasteiger partial charge in [-0.3, -0.25) is 4.79 Å². The molecule has 5 heteroatoms. The van der Waals surface area contributed by atoms with Crippen molar-refractivity contribution in [2.45, 2.75) is 31.0 Å². The summed E-state index contributed by atoms with van der Waals surface area (Å²) in [4.78, 5) is 25.8. The lowest BCUT2D eigenvalue weighted by molar-refractivity contribution is -0.899. The predicted molar refractivity (Wildman–Crippen MR) is 130 cm³/mol. The summed E-state index contributed by atoms with van der Waals surface area (Å²) in [7, 11) is 2.15. The summed E-state index contributed by atoms with van der Waals surface area (Å²) in [6, 6.07) is 24.3. The van der Waals surface area contributed by atoms with E-state index in [9.17, 15) is 14.7 Å². The fourth-order valence-electron chi connectivity index (χ4n) is 5.49. The quantitative estimate of drug-likeness (QED) is 0.327. The molecule has 0 radical (unpaired) electrons. The summed E-state index contributed by atoms with van der Waals surface area (Å²) in [6.45, 7) is 2.41.